The number of carbonyl (C=O) groups excluding carboxylic acids is 2. The van der Waals surface area contributed by atoms with Crippen LogP contribution in [0.2, 0.25) is 0 Å². The Balaban J connectivity index is 2.33. The van der Waals surface area contributed by atoms with E-state index in [1.807, 2.05) is 24.3 Å². The van der Waals surface area contributed by atoms with Crippen molar-refractivity contribution in [3.8, 4) is 0 Å². The van der Waals surface area contributed by atoms with Crippen molar-refractivity contribution in [1.29, 1.82) is 0 Å². The lowest BCUT2D eigenvalue weighted by Crippen LogP contribution is -2.15. The van der Waals surface area contributed by atoms with Crippen molar-refractivity contribution >= 4 is 12.2 Å². The lowest BCUT2D eigenvalue weighted by molar-refractivity contribution is 0.157. The Bertz CT molecular complexity index is 364. The summed E-state index contributed by atoms with van der Waals surface area (Å²) in [6.45, 7) is 0.527. The van der Waals surface area contributed by atoms with Crippen LogP contribution in [0.15, 0.2) is 24.3 Å². The smallest absolute Gasteiger partial charge is 0.404 e. The Morgan fingerprint density at radius 2 is 1.17 bits per heavy atom. The van der Waals surface area contributed by atoms with Gasteiger partial charge >= 0.3 is 12.2 Å². The number of hydrogen-bond donors (Lipinski definition) is 2. The molecule has 2 amide bonds. The molecule has 0 heterocycles. The molecule has 1 rings (SSSR count). The highest BCUT2D eigenvalue weighted by Gasteiger charge is 1.99. The van der Waals surface area contributed by atoms with Crippen molar-refractivity contribution in [2.45, 2.75) is 12.8 Å². The van der Waals surface area contributed by atoms with Crippen LogP contribution in [0.5, 0.6) is 0 Å². The van der Waals surface area contributed by atoms with Gasteiger partial charge in [0.2, 0.25) is 0 Å². The summed E-state index contributed by atoms with van der Waals surface area (Å²) < 4.78 is 9.27. The van der Waals surface area contributed by atoms with E-state index in [1.165, 1.54) is 0 Å². The second-order valence-corrected chi connectivity index (χ2v) is 3.65. The normalized spacial score (nSPS) is 9.78. The molecule has 0 spiro atoms. The first kappa shape index (κ1) is 13.8. The Morgan fingerprint density at radius 1 is 0.833 bits per heavy atom. The van der Waals surface area contributed by atoms with Gasteiger partial charge in [0.1, 0.15) is 0 Å². The molecule has 0 aliphatic carbocycles. The molecular formula is C12H16N2O4. The van der Waals surface area contributed by atoms with E-state index >= 15 is 0 Å². The molecule has 0 saturated carbocycles. The number of primary amides is 2. The highest BCUT2D eigenvalue weighted by atomic mass is 16.5. The van der Waals surface area contributed by atoms with Gasteiger partial charge in [0, 0.05) is 12.8 Å². The van der Waals surface area contributed by atoms with Gasteiger partial charge in [0.25, 0.3) is 0 Å². The third-order valence-electron chi connectivity index (χ3n) is 2.29. The fraction of sp³-hybridized carbons (Fsp3) is 0.333. The lowest BCUT2D eigenvalue weighted by Gasteiger charge is -2.05. The first-order valence-electron chi connectivity index (χ1n) is 5.50. The topological polar surface area (TPSA) is 105 Å². The summed E-state index contributed by atoms with van der Waals surface area (Å²) in [4.78, 5) is 20.7. The molecule has 0 saturated heterocycles. The molecule has 4 N–H and O–H groups in total. The second-order valence-electron chi connectivity index (χ2n) is 3.65. The molecule has 0 radical (unpaired) electrons. The summed E-state index contributed by atoms with van der Waals surface area (Å²) in [6.07, 6.45) is -0.312. The molecule has 1 aromatic rings. The first-order valence-corrected chi connectivity index (χ1v) is 5.50. The van der Waals surface area contributed by atoms with Gasteiger partial charge in [-0.25, -0.2) is 9.59 Å². The van der Waals surface area contributed by atoms with Crippen LogP contribution in [0, 0.1) is 0 Å². The van der Waals surface area contributed by atoms with E-state index in [0.29, 0.717) is 12.8 Å². The van der Waals surface area contributed by atoms with Crippen molar-refractivity contribution in [2.75, 3.05) is 13.2 Å². The molecule has 18 heavy (non-hydrogen) atoms. The average Bonchev–Trinajstić information content (AvgIpc) is 2.30. The van der Waals surface area contributed by atoms with Gasteiger partial charge in [-0.3, -0.25) is 0 Å². The molecule has 6 heteroatoms. The van der Waals surface area contributed by atoms with Crippen LogP contribution in [0.1, 0.15) is 11.1 Å². The van der Waals surface area contributed by atoms with Crippen molar-refractivity contribution < 1.29 is 19.1 Å². The SMILES string of the molecule is NC(=O)OCCc1ccc(CCOC(N)=O)cc1. The number of carbonyl (C=O) groups is 2. The number of benzene rings is 1. The van der Waals surface area contributed by atoms with Gasteiger partial charge in [0.05, 0.1) is 13.2 Å². The number of hydrogen-bond acceptors (Lipinski definition) is 4. The fourth-order valence-corrected chi connectivity index (χ4v) is 1.41. The van der Waals surface area contributed by atoms with E-state index in [0.717, 1.165) is 11.1 Å². The van der Waals surface area contributed by atoms with E-state index in [1.54, 1.807) is 0 Å². The zero-order valence-corrected chi connectivity index (χ0v) is 9.93. The predicted octanol–water partition coefficient (Wildman–Crippen LogP) is 0.962. The zero-order chi connectivity index (χ0) is 13.4. The third-order valence-corrected chi connectivity index (χ3v) is 2.29. The lowest BCUT2D eigenvalue weighted by atomic mass is 10.1. The van der Waals surface area contributed by atoms with Crippen molar-refractivity contribution in [3.05, 3.63) is 35.4 Å². The number of nitrogens with two attached hydrogens (primary N) is 2. The average molecular weight is 252 g/mol. The highest BCUT2D eigenvalue weighted by molar-refractivity contribution is 5.64. The van der Waals surface area contributed by atoms with Crippen LogP contribution in [0.25, 0.3) is 0 Å². The fourth-order valence-electron chi connectivity index (χ4n) is 1.41. The van der Waals surface area contributed by atoms with E-state index in [-0.39, 0.29) is 13.2 Å². The van der Waals surface area contributed by atoms with Gasteiger partial charge < -0.3 is 20.9 Å². The summed E-state index contributed by atoms with van der Waals surface area (Å²) in [5.74, 6) is 0. The predicted molar refractivity (Wildman–Crippen MR) is 64.9 cm³/mol. The minimum Gasteiger partial charge on any atom is -0.449 e. The molecule has 0 aliphatic rings. The van der Waals surface area contributed by atoms with Crippen LogP contribution in [0.3, 0.4) is 0 Å². The van der Waals surface area contributed by atoms with Crippen LogP contribution in [-0.4, -0.2) is 25.4 Å². The van der Waals surface area contributed by atoms with Gasteiger partial charge in [-0.15, -0.1) is 0 Å². The summed E-state index contributed by atoms with van der Waals surface area (Å²) >= 11 is 0. The molecule has 0 unspecified atom stereocenters. The molecule has 1 aromatic carbocycles. The van der Waals surface area contributed by atoms with Gasteiger partial charge in [-0.1, -0.05) is 24.3 Å². The van der Waals surface area contributed by atoms with Gasteiger partial charge in [-0.05, 0) is 11.1 Å². The summed E-state index contributed by atoms with van der Waals surface area (Å²) in [5, 5.41) is 0. The van der Waals surface area contributed by atoms with Crippen LogP contribution < -0.4 is 11.5 Å². The number of ether oxygens (including phenoxy) is 2. The van der Waals surface area contributed by atoms with E-state index in [2.05, 4.69) is 9.47 Å². The minimum atomic E-state index is -0.768. The van der Waals surface area contributed by atoms with Crippen LogP contribution in [-0.2, 0) is 22.3 Å². The number of amides is 2. The molecule has 0 aromatic heterocycles. The standard InChI is InChI=1S/C12H16N2O4/c13-11(15)17-7-5-9-1-2-10(4-3-9)6-8-18-12(14)16/h1-4H,5-8H2,(H2,13,15)(H2,14,16). The molecule has 0 aliphatic heterocycles. The van der Waals surface area contributed by atoms with E-state index < -0.39 is 12.2 Å². The van der Waals surface area contributed by atoms with Gasteiger partial charge in [0.15, 0.2) is 0 Å². The Hall–Kier alpha value is -2.24. The third kappa shape index (κ3) is 5.74. The quantitative estimate of drug-likeness (QED) is 0.786. The number of rotatable bonds is 6. The van der Waals surface area contributed by atoms with Crippen molar-refractivity contribution in [3.63, 3.8) is 0 Å². The molecular weight excluding hydrogens is 236 g/mol. The Kier molecular flexibility index (Phi) is 5.50. The Morgan fingerprint density at radius 3 is 1.44 bits per heavy atom. The van der Waals surface area contributed by atoms with E-state index in [9.17, 15) is 9.59 Å². The zero-order valence-electron chi connectivity index (χ0n) is 9.93. The summed E-state index contributed by atoms with van der Waals surface area (Å²) in [5.41, 5.74) is 11.8. The van der Waals surface area contributed by atoms with Crippen LogP contribution >= 0.6 is 0 Å². The monoisotopic (exact) mass is 252 g/mol. The van der Waals surface area contributed by atoms with Crippen LogP contribution in [0.4, 0.5) is 9.59 Å². The maximum absolute atomic E-state index is 10.4. The van der Waals surface area contributed by atoms with E-state index in [4.69, 9.17) is 11.5 Å². The maximum atomic E-state index is 10.4. The summed E-state index contributed by atoms with van der Waals surface area (Å²) in [6, 6.07) is 7.68. The second kappa shape index (κ2) is 7.16. The highest BCUT2D eigenvalue weighted by Crippen LogP contribution is 2.06. The summed E-state index contributed by atoms with van der Waals surface area (Å²) in [7, 11) is 0. The molecule has 6 nitrogen and oxygen atoms in total. The maximum Gasteiger partial charge on any atom is 0.404 e. The minimum absolute atomic E-state index is 0.263. The Labute approximate surface area is 105 Å². The van der Waals surface area contributed by atoms with Gasteiger partial charge in [-0.2, -0.15) is 0 Å². The molecule has 98 valence electrons. The molecule has 0 fully saturated rings. The van der Waals surface area contributed by atoms with Crippen molar-refractivity contribution in [1.82, 2.24) is 0 Å². The molecule has 0 bridgehead atoms. The molecule has 0 atom stereocenters. The first-order chi connectivity index (χ1) is 8.58. The van der Waals surface area contributed by atoms with Crippen molar-refractivity contribution in [2.24, 2.45) is 11.5 Å². The largest absolute Gasteiger partial charge is 0.449 e.